The number of urea groups is 1. The first-order chi connectivity index (χ1) is 12.3. The Morgan fingerprint density at radius 2 is 1.76 bits per heavy atom. The molecule has 0 unspecified atom stereocenters. The summed E-state index contributed by atoms with van der Waals surface area (Å²) in [5.41, 5.74) is 2.30. The molecule has 0 spiro atoms. The van der Waals surface area contributed by atoms with E-state index >= 15 is 0 Å². The minimum Gasteiger partial charge on any atom is -0.338 e. The van der Waals surface area contributed by atoms with Crippen LogP contribution in [0.3, 0.4) is 0 Å². The van der Waals surface area contributed by atoms with Gasteiger partial charge in [-0.3, -0.25) is 0 Å². The molecule has 0 aliphatic rings. The number of benzene rings is 1. The first kappa shape index (κ1) is 17.0. The summed E-state index contributed by atoms with van der Waals surface area (Å²) in [7, 11) is 0. The maximum Gasteiger partial charge on any atom is 0.314 e. The second-order valence-electron chi connectivity index (χ2n) is 6.05. The molecular weight excluding hydrogens is 312 g/mol. The molecule has 0 atom stereocenters. The van der Waals surface area contributed by atoms with E-state index in [1.807, 2.05) is 30.5 Å². The molecule has 130 valence electrons. The SMILES string of the molecule is O=C(NCCCc1ccccc1)NCCCn1ccc2cccnc21. The number of hydrogen-bond acceptors (Lipinski definition) is 2. The number of rotatable bonds is 8. The molecule has 3 aromatic rings. The quantitative estimate of drug-likeness (QED) is 0.620. The zero-order valence-corrected chi connectivity index (χ0v) is 14.3. The van der Waals surface area contributed by atoms with Gasteiger partial charge in [-0.05, 0) is 43.0 Å². The Morgan fingerprint density at radius 3 is 2.60 bits per heavy atom. The van der Waals surface area contributed by atoms with E-state index in [9.17, 15) is 4.79 Å². The van der Waals surface area contributed by atoms with E-state index in [1.54, 1.807) is 6.20 Å². The van der Waals surface area contributed by atoms with Gasteiger partial charge in [-0.1, -0.05) is 30.3 Å². The Kier molecular flexibility index (Phi) is 6.04. The molecule has 0 aliphatic carbocycles. The average Bonchev–Trinajstić information content (AvgIpc) is 3.06. The van der Waals surface area contributed by atoms with Crippen molar-refractivity contribution in [3.63, 3.8) is 0 Å². The minimum absolute atomic E-state index is 0.0939. The molecule has 5 nitrogen and oxygen atoms in total. The highest BCUT2D eigenvalue weighted by Gasteiger charge is 2.02. The van der Waals surface area contributed by atoms with Gasteiger partial charge in [0.2, 0.25) is 0 Å². The standard InChI is InChI=1S/C20H24N4O/c25-20(22-13-4-9-17-7-2-1-3-8-17)23-14-6-15-24-16-11-18-10-5-12-21-19(18)24/h1-3,5,7-8,10-12,16H,4,6,9,13-15H2,(H2,22,23,25). The summed E-state index contributed by atoms with van der Waals surface area (Å²) in [5.74, 6) is 0. The van der Waals surface area contributed by atoms with E-state index in [-0.39, 0.29) is 6.03 Å². The van der Waals surface area contributed by atoms with Crippen molar-refractivity contribution in [1.29, 1.82) is 0 Å². The Morgan fingerprint density at radius 1 is 0.960 bits per heavy atom. The van der Waals surface area contributed by atoms with Crippen LogP contribution in [0, 0.1) is 0 Å². The van der Waals surface area contributed by atoms with Gasteiger partial charge in [0, 0.05) is 37.4 Å². The van der Waals surface area contributed by atoms with Crippen LogP contribution in [0.25, 0.3) is 11.0 Å². The van der Waals surface area contributed by atoms with Crippen LogP contribution in [-0.4, -0.2) is 28.7 Å². The second kappa shape index (κ2) is 8.87. The number of hydrogen-bond donors (Lipinski definition) is 2. The fraction of sp³-hybridized carbons (Fsp3) is 0.300. The lowest BCUT2D eigenvalue weighted by atomic mass is 10.1. The first-order valence-electron chi connectivity index (χ1n) is 8.78. The van der Waals surface area contributed by atoms with Gasteiger partial charge in [-0.2, -0.15) is 0 Å². The third-order valence-electron chi connectivity index (χ3n) is 4.15. The number of fused-ring (bicyclic) bond motifs is 1. The molecule has 0 radical (unpaired) electrons. The molecule has 25 heavy (non-hydrogen) atoms. The van der Waals surface area contributed by atoms with Gasteiger partial charge in [0.25, 0.3) is 0 Å². The van der Waals surface area contributed by atoms with Crippen LogP contribution in [0.15, 0.2) is 60.9 Å². The second-order valence-corrected chi connectivity index (χ2v) is 6.05. The summed E-state index contributed by atoms with van der Waals surface area (Å²) in [4.78, 5) is 16.2. The van der Waals surface area contributed by atoms with E-state index in [2.05, 4.69) is 44.5 Å². The van der Waals surface area contributed by atoms with Crippen molar-refractivity contribution in [1.82, 2.24) is 20.2 Å². The van der Waals surface area contributed by atoms with Gasteiger partial charge in [-0.15, -0.1) is 0 Å². The number of amides is 2. The smallest absolute Gasteiger partial charge is 0.314 e. The summed E-state index contributed by atoms with van der Waals surface area (Å²) >= 11 is 0. The third-order valence-corrected chi connectivity index (χ3v) is 4.15. The highest BCUT2D eigenvalue weighted by Crippen LogP contribution is 2.12. The molecule has 0 saturated carbocycles. The summed E-state index contributed by atoms with van der Waals surface area (Å²) in [6, 6.07) is 16.3. The first-order valence-corrected chi connectivity index (χ1v) is 8.78. The summed E-state index contributed by atoms with van der Waals surface area (Å²) in [6.07, 6.45) is 6.65. The Bertz CT molecular complexity index is 798. The highest BCUT2D eigenvalue weighted by atomic mass is 16.2. The van der Waals surface area contributed by atoms with Gasteiger partial charge < -0.3 is 15.2 Å². The van der Waals surface area contributed by atoms with E-state index < -0.39 is 0 Å². The van der Waals surface area contributed by atoms with Crippen molar-refractivity contribution in [3.8, 4) is 0 Å². The van der Waals surface area contributed by atoms with E-state index in [0.29, 0.717) is 13.1 Å². The van der Waals surface area contributed by atoms with Crippen LogP contribution in [0.4, 0.5) is 4.79 Å². The van der Waals surface area contributed by atoms with E-state index in [4.69, 9.17) is 0 Å². The predicted molar refractivity (Wildman–Crippen MR) is 101 cm³/mol. The van der Waals surface area contributed by atoms with Crippen molar-refractivity contribution in [2.45, 2.75) is 25.8 Å². The van der Waals surface area contributed by atoms with Crippen LogP contribution in [0.2, 0.25) is 0 Å². The monoisotopic (exact) mass is 336 g/mol. The fourth-order valence-corrected chi connectivity index (χ4v) is 2.85. The molecule has 2 aromatic heterocycles. The lowest BCUT2D eigenvalue weighted by Gasteiger charge is -2.08. The molecule has 1 aromatic carbocycles. The molecule has 5 heteroatoms. The molecule has 0 aliphatic heterocycles. The van der Waals surface area contributed by atoms with Gasteiger partial charge in [0.15, 0.2) is 0 Å². The van der Waals surface area contributed by atoms with Crippen molar-refractivity contribution in [2.75, 3.05) is 13.1 Å². The zero-order chi connectivity index (χ0) is 17.3. The number of carbonyl (C=O) groups excluding carboxylic acids is 1. The van der Waals surface area contributed by atoms with Crippen molar-refractivity contribution >= 4 is 17.1 Å². The Balaban J connectivity index is 1.29. The van der Waals surface area contributed by atoms with Crippen LogP contribution in [-0.2, 0) is 13.0 Å². The minimum atomic E-state index is -0.0939. The molecule has 0 saturated heterocycles. The van der Waals surface area contributed by atoms with Crippen LogP contribution >= 0.6 is 0 Å². The van der Waals surface area contributed by atoms with Crippen molar-refractivity contribution < 1.29 is 4.79 Å². The molecule has 0 bridgehead atoms. The summed E-state index contributed by atoms with van der Waals surface area (Å²) in [6.45, 7) is 2.18. The Hall–Kier alpha value is -2.82. The lowest BCUT2D eigenvalue weighted by molar-refractivity contribution is 0.240. The molecule has 3 rings (SSSR count). The number of pyridine rings is 1. The van der Waals surface area contributed by atoms with Gasteiger partial charge >= 0.3 is 6.03 Å². The summed E-state index contributed by atoms with van der Waals surface area (Å²) in [5, 5.41) is 6.96. The molecular formula is C20H24N4O. The maximum absolute atomic E-state index is 11.8. The Labute approximate surface area is 148 Å². The van der Waals surface area contributed by atoms with Gasteiger partial charge in [-0.25, -0.2) is 9.78 Å². The van der Waals surface area contributed by atoms with E-state index in [0.717, 1.165) is 36.8 Å². The third kappa shape index (κ3) is 5.08. The zero-order valence-electron chi connectivity index (χ0n) is 14.3. The van der Waals surface area contributed by atoms with Crippen LogP contribution < -0.4 is 10.6 Å². The molecule has 2 heterocycles. The topological polar surface area (TPSA) is 59.0 Å². The molecule has 2 N–H and O–H groups in total. The predicted octanol–water partition coefficient (Wildman–Crippen LogP) is 3.36. The van der Waals surface area contributed by atoms with Crippen LogP contribution in [0.1, 0.15) is 18.4 Å². The lowest BCUT2D eigenvalue weighted by Crippen LogP contribution is -2.36. The number of carbonyl (C=O) groups is 1. The number of aryl methyl sites for hydroxylation is 2. The largest absolute Gasteiger partial charge is 0.338 e. The van der Waals surface area contributed by atoms with E-state index in [1.165, 1.54) is 5.56 Å². The van der Waals surface area contributed by atoms with Crippen molar-refractivity contribution in [3.05, 3.63) is 66.5 Å². The average molecular weight is 336 g/mol. The fourth-order valence-electron chi connectivity index (χ4n) is 2.85. The number of nitrogens with zero attached hydrogens (tertiary/aromatic N) is 2. The summed E-state index contributed by atoms with van der Waals surface area (Å²) < 4.78 is 2.12. The van der Waals surface area contributed by atoms with Gasteiger partial charge in [0.05, 0.1) is 0 Å². The van der Waals surface area contributed by atoms with Crippen LogP contribution in [0.5, 0.6) is 0 Å². The molecule has 0 fully saturated rings. The normalized spacial score (nSPS) is 10.7. The highest BCUT2D eigenvalue weighted by molar-refractivity contribution is 5.75. The number of aromatic nitrogens is 2. The van der Waals surface area contributed by atoms with Gasteiger partial charge in [0.1, 0.15) is 5.65 Å². The number of nitrogens with one attached hydrogen (secondary N) is 2. The van der Waals surface area contributed by atoms with Crippen molar-refractivity contribution in [2.24, 2.45) is 0 Å². The molecule has 2 amide bonds. The maximum atomic E-state index is 11.8.